The average molecular weight is 338 g/mol. The molecule has 6 heteroatoms. The van der Waals surface area contributed by atoms with Crippen LogP contribution in [-0.2, 0) is 0 Å². The minimum absolute atomic E-state index is 0.0472. The lowest BCUT2D eigenvalue weighted by atomic mass is 10.00. The van der Waals surface area contributed by atoms with E-state index < -0.39 is 0 Å². The van der Waals surface area contributed by atoms with Gasteiger partial charge in [0.1, 0.15) is 5.69 Å². The van der Waals surface area contributed by atoms with Crippen molar-refractivity contribution in [3.8, 4) is 0 Å². The zero-order valence-electron chi connectivity index (χ0n) is 14.5. The second-order valence-electron chi connectivity index (χ2n) is 6.17. The number of nitrogens with one attached hydrogen (secondary N) is 1. The Balaban J connectivity index is 1.82. The summed E-state index contributed by atoms with van der Waals surface area (Å²) in [4.78, 5) is 32.8. The van der Waals surface area contributed by atoms with E-state index in [9.17, 15) is 9.59 Å². The predicted molar refractivity (Wildman–Crippen MR) is 95.3 cm³/mol. The molecule has 0 spiro atoms. The standard InChI is InChI=1S/C19H22N4O2/c1-20-18(24)15-7-5-6-14(12-15)17-13-23(11-10-22(17)2)19(25)16-8-3-4-9-21-16/h3-9,12,17H,10-11,13H2,1-2H3,(H,20,24)/t17-/m0/s1. The van der Waals surface area contributed by atoms with Crippen LogP contribution in [0.15, 0.2) is 48.7 Å². The molecule has 0 unspecified atom stereocenters. The maximum Gasteiger partial charge on any atom is 0.272 e. The molecule has 2 aromatic rings. The van der Waals surface area contributed by atoms with Gasteiger partial charge in [-0.05, 0) is 36.9 Å². The molecule has 1 aliphatic rings. The molecule has 6 nitrogen and oxygen atoms in total. The minimum atomic E-state index is -0.110. The van der Waals surface area contributed by atoms with Crippen molar-refractivity contribution in [3.05, 3.63) is 65.5 Å². The van der Waals surface area contributed by atoms with Gasteiger partial charge in [-0.2, -0.15) is 0 Å². The number of likely N-dealkylation sites (N-methyl/N-ethyl adjacent to an activating group) is 1. The third kappa shape index (κ3) is 3.69. The van der Waals surface area contributed by atoms with Gasteiger partial charge in [0, 0.05) is 38.4 Å². The number of carbonyl (C=O) groups excluding carboxylic acids is 2. The van der Waals surface area contributed by atoms with Crippen LogP contribution in [0.3, 0.4) is 0 Å². The molecule has 3 rings (SSSR count). The molecule has 25 heavy (non-hydrogen) atoms. The number of aromatic nitrogens is 1. The summed E-state index contributed by atoms with van der Waals surface area (Å²) < 4.78 is 0. The zero-order valence-corrected chi connectivity index (χ0v) is 14.5. The lowest BCUT2D eigenvalue weighted by Crippen LogP contribution is -2.49. The van der Waals surface area contributed by atoms with Crippen molar-refractivity contribution in [1.82, 2.24) is 20.1 Å². The molecule has 1 aromatic carbocycles. The number of benzene rings is 1. The molecular formula is C19H22N4O2. The zero-order chi connectivity index (χ0) is 17.8. The molecule has 2 heterocycles. The topological polar surface area (TPSA) is 65.5 Å². The maximum atomic E-state index is 12.7. The van der Waals surface area contributed by atoms with Gasteiger partial charge in [-0.15, -0.1) is 0 Å². The molecule has 1 saturated heterocycles. The normalized spacial score (nSPS) is 18.0. The molecule has 1 aliphatic heterocycles. The van der Waals surface area contributed by atoms with Crippen LogP contribution in [0.25, 0.3) is 0 Å². The van der Waals surface area contributed by atoms with Gasteiger partial charge in [0.25, 0.3) is 11.8 Å². The summed E-state index contributed by atoms with van der Waals surface area (Å²) in [5, 5.41) is 2.65. The molecule has 1 aromatic heterocycles. The molecule has 0 bridgehead atoms. The number of carbonyl (C=O) groups is 2. The SMILES string of the molecule is CNC(=O)c1cccc([C@@H]2CN(C(=O)c3ccccn3)CCN2C)c1. The van der Waals surface area contributed by atoms with Crippen LogP contribution in [0, 0.1) is 0 Å². The Hall–Kier alpha value is -2.73. The van der Waals surface area contributed by atoms with Gasteiger partial charge in [0.05, 0.1) is 6.04 Å². The van der Waals surface area contributed by atoms with Crippen molar-refractivity contribution >= 4 is 11.8 Å². The van der Waals surface area contributed by atoms with Crippen molar-refractivity contribution < 1.29 is 9.59 Å². The third-order valence-electron chi connectivity index (χ3n) is 4.58. The monoisotopic (exact) mass is 338 g/mol. The predicted octanol–water partition coefficient (Wildman–Crippen LogP) is 1.57. The van der Waals surface area contributed by atoms with Crippen LogP contribution in [0.2, 0.25) is 0 Å². The van der Waals surface area contributed by atoms with Gasteiger partial charge in [-0.1, -0.05) is 18.2 Å². The third-order valence-corrected chi connectivity index (χ3v) is 4.58. The smallest absolute Gasteiger partial charge is 0.272 e. The van der Waals surface area contributed by atoms with Crippen LogP contribution < -0.4 is 5.32 Å². The van der Waals surface area contributed by atoms with E-state index in [1.807, 2.05) is 36.2 Å². The van der Waals surface area contributed by atoms with E-state index in [0.29, 0.717) is 24.3 Å². The van der Waals surface area contributed by atoms with E-state index in [1.165, 1.54) is 0 Å². The molecule has 0 radical (unpaired) electrons. The van der Waals surface area contributed by atoms with Crippen molar-refractivity contribution in [2.45, 2.75) is 6.04 Å². The lowest BCUT2D eigenvalue weighted by molar-refractivity contribution is 0.0540. The highest BCUT2D eigenvalue weighted by Crippen LogP contribution is 2.25. The van der Waals surface area contributed by atoms with Gasteiger partial charge in [-0.25, -0.2) is 0 Å². The van der Waals surface area contributed by atoms with E-state index in [2.05, 4.69) is 15.2 Å². The van der Waals surface area contributed by atoms with Gasteiger partial charge in [-0.3, -0.25) is 19.5 Å². The number of hydrogen-bond donors (Lipinski definition) is 1. The largest absolute Gasteiger partial charge is 0.355 e. The fourth-order valence-electron chi connectivity index (χ4n) is 3.10. The van der Waals surface area contributed by atoms with Crippen LogP contribution in [0.4, 0.5) is 0 Å². The molecule has 1 atom stereocenters. The summed E-state index contributed by atoms with van der Waals surface area (Å²) in [6.07, 6.45) is 1.63. The van der Waals surface area contributed by atoms with Crippen molar-refractivity contribution in [3.63, 3.8) is 0 Å². The highest BCUT2D eigenvalue weighted by Gasteiger charge is 2.29. The summed E-state index contributed by atoms with van der Waals surface area (Å²) >= 11 is 0. The van der Waals surface area contributed by atoms with Crippen LogP contribution in [0.5, 0.6) is 0 Å². The molecular weight excluding hydrogens is 316 g/mol. The first-order chi connectivity index (χ1) is 12.1. The van der Waals surface area contributed by atoms with Gasteiger partial charge in [0.2, 0.25) is 0 Å². The number of piperazine rings is 1. The fourth-order valence-corrected chi connectivity index (χ4v) is 3.10. The second-order valence-corrected chi connectivity index (χ2v) is 6.17. The number of pyridine rings is 1. The molecule has 130 valence electrons. The average Bonchev–Trinajstić information content (AvgIpc) is 2.68. The maximum absolute atomic E-state index is 12.7. The van der Waals surface area contributed by atoms with Crippen LogP contribution in [0.1, 0.15) is 32.5 Å². The Morgan fingerprint density at radius 3 is 2.72 bits per heavy atom. The Labute approximate surface area is 147 Å². The van der Waals surface area contributed by atoms with E-state index in [-0.39, 0.29) is 17.9 Å². The van der Waals surface area contributed by atoms with Crippen molar-refractivity contribution in [2.24, 2.45) is 0 Å². The van der Waals surface area contributed by atoms with E-state index in [1.54, 1.807) is 31.4 Å². The summed E-state index contributed by atoms with van der Waals surface area (Å²) in [6.45, 7) is 2.01. The number of amides is 2. The number of rotatable bonds is 3. The van der Waals surface area contributed by atoms with Crippen molar-refractivity contribution in [1.29, 1.82) is 0 Å². The van der Waals surface area contributed by atoms with Crippen LogP contribution >= 0.6 is 0 Å². The molecule has 1 fully saturated rings. The summed E-state index contributed by atoms with van der Waals surface area (Å²) in [5.74, 6) is -0.164. The first-order valence-electron chi connectivity index (χ1n) is 8.32. The highest BCUT2D eigenvalue weighted by molar-refractivity contribution is 5.94. The summed E-state index contributed by atoms with van der Waals surface area (Å²) in [5.41, 5.74) is 2.12. The molecule has 1 N–H and O–H groups in total. The number of hydrogen-bond acceptors (Lipinski definition) is 4. The minimum Gasteiger partial charge on any atom is -0.355 e. The lowest BCUT2D eigenvalue weighted by Gasteiger charge is -2.39. The van der Waals surface area contributed by atoms with Gasteiger partial charge < -0.3 is 10.2 Å². The fraction of sp³-hybridized carbons (Fsp3) is 0.316. The Kier molecular flexibility index (Phi) is 5.09. The van der Waals surface area contributed by atoms with E-state index in [4.69, 9.17) is 0 Å². The molecule has 2 amide bonds. The number of nitrogens with zero attached hydrogens (tertiary/aromatic N) is 3. The van der Waals surface area contributed by atoms with Crippen molar-refractivity contribution in [2.75, 3.05) is 33.7 Å². The van der Waals surface area contributed by atoms with Gasteiger partial charge in [0.15, 0.2) is 0 Å². The molecule has 0 aliphatic carbocycles. The Bertz CT molecular complexity index is 763. The summed E-state index contributed by atoms with van der Waals surface area (Å²) in [7, 11) is 3.66. The van der Waals surface area contributed by atoms with Crippen LogP contribution in [-0.4, -0.2) is 60.3 Å². The highest BCUT2D eigenvalue weighted by atomic mass is 16.2. The quantitative estimate of drug-likeness (QED) is 0.923. The second kappa shape index (κ2) is 7.44. The van der Waals surface area contributed by atoms with Gasteiger partial charge >= 0.3 is 0 Å². The van der Waals surface area contributed by atoms with E-state index >= 15 is 0 Å². The Morgan fingerprint density at radius 1 is 1.16 bits per heavy atom. The first kappa shape index (κ1) is 17.1. The van der Waals surface area contributed by atoms with E-state index in [0.717, 1.165) is 12.1 Å². The Morgan fingerprint density at radius 2 is 2.00 bits per heavy atom. The molecule has 0 saturated carbocycles. The first-order valence-corrected chi connectivity index (χ1v) is 8.32. The summed E-state index contributed by atoms with van der Waals surface area (Å²) in [6, 6.07) is 13.0.